The summed E-state index contributed by atoms with van der Waals surface area (Å²) in [6.45, 7) is 5.06. The predicted molar refractivity (Wildman–Crippen MR) is 77.5 cm³/mol. The normalized spacial score (nSPS) is 30.1. The van der Waals surface area contributed by atoms with E-state index in [1.807, 2.05) is 0 Å². The molecule has 3 rings (SSSR count). The highest BCUT2D eigenvalue weighted by Gasteiger charge is 2.43. The molecule has 2 aliphatic rings. The molecule has 20 heavy (non-hydrogen) atoms. The molecule has 1 fully saturated rings. The number of ether oxygens (including phenoxy) is 1. The van der Waals surface area contributed by atoms with Crippen molar-refractivity contribution in [2.75, 3.05) is 26.7 Å². The third kappa shape index (κ3) is 2.54. The zero-order chi connectivity index (χ0) is 14.2. The van der Waals surface area contributed by atoms with Crippen molar-refractivity contribution in [3.05, 3.63) is 29.6 Å². The van der Waals surface area contributed by atoms with Crippen LogP contribution in [0.1, 0.15) is 37.8 Å². The van der Waals surface area contributed by atoms with Gasteiger partial charge in [-0.1, -0.05) is 6.92 Å². The van der Waals surface area contributed by atoms with Crippen LogP contribution in [0.3, 0.4) is 0 Å². The van der Waals surface area contributed by atoms with Crippen LogP contribution in [-0.4, -0.2) is 37.2 Å². The Morgan fingerprint density at radius 3 is 3.10 bits per heavy atom. The maximum Gasteiger partial charge on any atom is 0.125 e. The van der Waals surface area contributed by atoms with Gasteiger partial charge in [-0.15, -0.1) is 0 Å². The summed E-state index contributed by atoms with van der Waals surface area (Å²) in [4.78, 5) is 2.33. The van der Waals surface area contributed by atoms with E-state index in [2.05, 4.69) is 24.2 Å². The molecule has 0 aromatic heterocycles. The van der Waals surface area contributed by atoms with Crippen LogP contribution in [0.25, 0.3) is 0 Å². The van der Waals surface area contributed by atoms with E-state index in [0.29, 0.717) is 0 Å². The van der Waals surface area contributed by atoms with Gasteiger partial charge in [0.25, 0.3) is 0 Å². The van der Waals surface area contributed by atoms with Crippen molar-refractivity contribution in [2.24, 2.45) is 0 Å². The van der Waals surface area contributed by atoms with Crippen molar-refractivity contribution < 1.29 is 9.13 Å². The van der Waals surface area contributed by atoms with Gasteiger partial charge in [-0.05, 0) is 51.2 Å². The van der Waals surface area contributed by atoms with Crippen LogP contribution in [0, 0.1) is 5.82 Å². The number of fused-ring (bicyclic) bond motifs is 1. The highest BCUT2D eigenvalue weighted by molar-refractivity contribution is 5.39. The van der Waals surface area contributed by atoms with E-state index in [4.69, 9.17) is 4.74 Å². The molecular formula is C16H23FN2O. The summed E-state index contributed by atoms with van der Waals surface area (Å²) in [5.74, 6) is 0.658. The lowest BCUT2D eigenvalue weighted by molar-refractivity contribution is -0.0270. The largest absolute Gasteiger partial charge is 0.486 e. The first-order valence-corrected chi connectivity index (χ1v) is 7.52. The maximum atomic E-state index is 13.5. The third-order valence-electron chi connectivity index (χ3n) is 4.43. The Morgan fingerprint density at radius 2 is 2.35 bits per heavy atom. The molecule has 1 N–H and O–H groups in total. The van der Waals surface area contributed by atoms with Crippen LogP contribution in [0.4, 0.5) is 4.39 Å². The van der Waals surface area contributed by atoms with Crippen molar-refractivity contribution in [3.8, 4) is 5.75 Å². The number of nitrogens with one attached hydrogen (secondary N) is 1. The van der Waals surface area contributed by atoms with Gasteiger partial charge in [0, 0.05) is 24.6 Å². The molecule has 2 aliphatic heterocycles. The Labute approximate surface area is 120 Å². The average Bonchev–Trinajstić information content (AvgIpc) is 2.40. The number of halogens is 1. The monoisotopic (exact) mass is 278 g/mol. The molecule has 1 aromatic carbocycles. The molecule has 2 heterocycles. The first kappa shape index (κ1) is 13.8. The van der Waals surface area contributed by atoms with E-state index >= 15 is 0 Å². The van der Waals surface area contributed by atoms with Crippen molar-refractivity contribution in [1.29, 1.82) is 0 Å². The summed E-state index contributed by atoms with van der Waals surface area (Å²) in [5.41, 5.74) is 0.843. The summed E-state index contributed by atoms with van der Waals surface area (Å²) in [5, 5.41) is 3.49. The minimum Gasteiger partial charge on any atom is -0.486 e. The second-order valence-electron chi connectivity index (χ2n) is 6.12. The number of likely N-dealkylation sites (N-methyl/N-ethyl adjacent to an activating group) is 1. The molecule has 110 valence electrons. The lowest BCUT2D eigenvalue weighted by atomic mass is 9.81. The smallest absolute Gasteiger partial charge is 0.125 e. The molecule has 1 aromatic rings. The maximum absolute atomic E-state index is 13.5. The summed E-state index contributed by atoms with van der Waals surface area (Å²) in [7, 11) is 2.15. The van der Waals surface area contributed by atoms with Gasteiger partial charge >= 0.3 is 0 Å². The second-order valence-corrected chi connectivity index (χ2v) is 6.12. The highest BCUT2D eigenvalue weighted by Crippen LogP contribution is 2.43. The van der Waals surface area contributed by atoms with Crippen molar-refractivity contribution >= 4 is 0 Å². The van der Waals surface area contributed by atoms with Gasteiger partial charge in [0.05, 0.1) is 0 Å². The fourth-order valence-electron chi connectivity index (χ4n) is 3.64. The molecule has 3 nitrogen and oxygen atoms in total. The number of piperidine rings is 1. The van der Waals surface area contributed by atoms with E-state index < -0.39 is 0 Å². The van der Waals surface area contributed by atoms with Gasteiger partial charge in [-0.3, -0.25) is 0 Å². The van der Waals surface area contributed by atoms with E-state index in [0.717, 1.165) is 50.2 Å². The summed E-state index contributed by atoms with van der Waals surface area (Å²) < 4.78 is 19.8. The van der Waals surface area contributed by atoms with E-state index in [-0.39, 0.29) is 17.5 Å². The zero-order valence-electron chi connectivity index (χ0n) is 12.3. The number of nitrogens with zero attached hydrogens (tertiary/aromatic N) is 1. The van der Waals surface area contributed by atoms with Crippen LogP contribution < -0.4 is 10.1 Å². The first-order chi connectivity index (χ1) is 9.62. The number of likely N-dealkylation sites (tertiary alicyclic amines) is 1. The van der Waals surface area contributed by atoms with Crippen molar-refractivity contribution in [2.45, 2.75) is 37.8 Å². The Bertz CT molecular complexity index is 493. The minimum atomic E-state index is -0.188. The summed E-state index contributed by atoms with van der Waals surface area (Å²) >= 11 is 0. The summed E-state index contributed by atoms with van der Waals surface area (Å²) in [6.07, 6.45) is 3.16. The quantitative estimate of drug-likeness (QED) is 0.900. The molecular weight excluding hydrogens is 255 g/mol. The van der Waals surface area contributed by atoms with Gasteiger partial charge in [0.15, 0.2) is 0 Å². The Hall–Kier alpha value is -1.13. The van der Waals surface area contributed by atoms with Crippen LogP contribution in [0.5, 0.6) is 5.75 Å². The van der Waals surface area contributed by atoms with Crippen LogP contribution in [0.15, 0.2) is 18.2 Å². The predicted octanol–water partition coefficient (Wildman–Crippen LogP) is 2.72. The zero-order valence-corrected chi connectivity index (χ0v) is 12.3. The third-order valence-corrected chi connectivity index (χ3v) is 4.43. The van der Waals surface area contributed by atoms with Gasteiger partial charge in [0.1, 0.15) is 17.2 Å². The van der Waals surface area contributed by atoms with E-state index in [1.54, 1.807) is 12.1 Å². The lowest BCUT2D eigenvalue weighted by Gasteiger charge is -2.47. The molecule has 2 unspecified atom stereocenters. The lowest BCUT2D eigenvalue weighted by Crippen LogP contribution is -2.54. The van der Waals surface area contributed by atoms with Crippen LogP contribution >= 0.6 is 0 Å². The fourth-order valence-corrected chi connectivity index (χ4v) is 3.64. The SMILES string of the molecule is CCNC1CC2(CCCN(C)C2)Oc2ccc(F)cc21. The van der Waals surface area contributed by atoms with Gasteiger partial charge in [-0.2, -0.15) is 0 Å². The molecule has 0 radical (unpaired) electrons. The Balaban J connectivity index is 1.94. The van der Waals surface area contributed by atoms with E-state index in [1.165, 1.54) is 6.07 Å². The molecule has 0 amide bonds. The molecule has 0 bridgehead atoms. The average molecular weight is 278 g/mol. The molecule has 0 aliphatic carbocycles. The molecule has 2 atom stereocenters. The minimum absolute atomic E-state index is 0.120. The molecule has 0 saturated carbocycles. The highest BCUT2D eigenvalue weighted by atomic mass is 19.1. The molecule has 1 saturated heterocycles. The van der Waals surface area contributed by atoms with Crippen LogP contribution in [-0.2, 0) is 0 Å². The first-order valence-electron chi connectivity index (χ1n) is 7.52. The van der Waals surface area contributed by atoms with Gasteiger partial charge < -0.3 is 15.0 Å². The topological polar surface area (TPSA) is 24.5 Å². The Kier molecular flexibility index (Phi) is 3.69. The fraction of sp³-hybridized carbons (Fsp3) is 0.625. The standard InChI is InChI=1S/C16H23FN2O/c1-3-18-14-10-16(7-4-8-19(2)11-16)20-15-6-5-12(17)9-13(14)15/h5-6,9,14,18H,3-4,7-8,10-11H2,1-2H3. The Morgan fingerprint density at radius 1 is 1.50 bits per heavy atom. The van der Waals surface area contributed by atoms with Gasteiger partial charge in [0.2, 0.25) is 0 Å². The van der Waals surface area contributed by atoms with Gasteiger partial charge in [-0.25, -0.2) is 4.39 Å². The number of rotatable bonds is 2. The van der Waals surface area contributed by atoms with Crippen LogP contribution in [0.2, 0.25) is 0 Å². The van der Waals surface area contributed by atoms with Crippen molar-refractivity contribution in [1.82, 2.24) is 10.2 Å². The summed E-state index contributed by atoms with van der Waals surface area (Å²) in [6, 6.07) is 5.07. The second kappa shape index (κ2) is 5.34. The molecule has 4 heteroatoms. The number of benzene rings is 1. The number of hydrogen-bond donors (Lipinski definition) is 1. The van der Waals surface area contributed by atoms with Crippen molar-refractivity contribution in [3.63, 3.8) is 0 Å². The molecule has 1 spiro atoms. The van der Waals surface area contributed by atoms with E-state index in [9.17, 15) is 4.39 Å². The number of hydrogen-bond acceptors (Lipinski definition) is 3.